The highest BCUT2D eigenvalue weighted by Crippen LogP contribution is 2.11. The first-order valence-corrected chi connectivity index (χ1v) is 5.11. The van der Waals surface area contributed by atoms with Gasteiger partial charge in [-0.1, -0.05) is 0 Å². The molecule has 4 nitrogen and oxygen atoms in total. The minimum atomic E-state index is -0.973. The summed E-state index contributed by atoms with van der Waals surface area (Å²) >= 11 is 0. The summed E-state index contributed by atoms with van der Waals surface area (Å²) in [5.74, 6) is 2.00. The second kappa shape index (κ2) is 6.46. The van der Waals surface area contributed by atoms with Crippen molar-refractivity contribution >= 4 is 11.8 Å². The van der Waals surface area contributed by atoms with Crippen LogP contribution in [0.2, 0.25) is 0 Å². The predicted octanol–water partition coefficient (Wildman–Crippen LogP) is 2.00. The quantitative estimate of drug-likeness (QED) is 0.566. The zero-order valence-corrected chi connectivity index (χ0v) is 8.94. The topological polar surface area (TPSA) is 62.2 Å². The number of hydrogen-bond acceptors (Lipinski definition) is 3. The van der Waals surface area contributed by atoms with Gasteiger partial charge in [0, 0.05) is 19.2 Å². The molecule has 0 spiro atoms. The fourth-order valence-electron chi connectivity index (χ4n) is 1.28. The number of anilines is 1. The van der Waals surface area contributed by atoms with Crippen molar-refractivity contribution in [1.29, 1.82) is 0 Å². The molecule has 0 aliphatic carbocycles. The van der Waals surface area contributed by atoms with Crippen molar-refractivity contribution in [2.24, 2.45) is 0 Å². The van der Waals surface area contributed by atoms with E-state index in [2.05, 4.69) is 16.2 Å². The lowest BCUT2D eigenvalue weighted by Crippen LogP contribution is -2.09. The lowest BCUT2D eigenvalue weighted by Gasteiger charge is -2.07. The highest BCUT2D eigenvalue weighted by atomic mass is 16.4. The third kappa shape index (κ3) is 3.62. The third-order valence-corrected chi connectivity index (χ3v) is 2.08. The van der Waals surface area contributed by atoms with Gasteiger partial charge in [-0.25, -0.2) is 9.78 Å². The van der Waals surface area contributed by atoms with E-state index in [9.17, 15) is 4.79 Å². The van der Waals surface area contributed by atoms with E-state index < -0.39 is 5.97 Å². The van der Waals surface area contributed by atoms with Gasteiger partial charge in [0.1, 0.15) is 11.4 Å². The number of hydrogen-bond donors (Lipinski definition) is 2. The molecule has 0 aliphatic heterocycles. The van der Waals surface area contributed by atoms with Crippen molar-refractivity contribution in [3.8, 4) is 12.3 Å². The van der Waals surface area contributed by atoms with Crippen LogP contribution in [0.4, 0.5) is 5.82 Å². The molecule has 0 unspecified atom stereocenters. The molecule has 0 saturated heterocycles. The maximum Gasteiger partial charge on any atom is 0.339 e. The summed E-state index contributed by atoms with van der Waals surface area (Å²) in [6, 6.07) is 3.13. The second-order valence-corrected chi connectivity index (χ2v) is 3.29. The Balaban J connectivity index is 2.47. The van der Waals surface area contributed by atoms with E-state index in [1.54, 1.807) is 12.3 Å². The first kappa shape index (κ1) is 12.1. The van der Waals surface area contributed by atoms with Gasteiger partial charge in [-0.3, -0.25) is 0 Å². The van der Waals surface area contributed by atoms with Gasteiger partial charge in [-0.05, 0) is 25.0 Å². The maximum atomic E-state index is 10.9. The standard InChI is InChI=1S/C12H14N2O2/c1-2-3-4-5-8-13-11-10(12(15)16)7-6-9-14-11/h1,6-7,9H,3-5,8H2,(H,13,14)(H,15,16). The Labute approximate surface area is 94.7 Å². The summed E-state index contributed by atoms with van der Waals surface area (Å²) < 4.78 is 0. The molecule has 1 aromatic rings. The molecule has 0 fully saturated rings. The molecule has 0 bridgehead atoms. The smallest absolute Gasteiger partial charge is 0.339 e. The van der Waals surface area contributed by atoms with Gasteiger partial charge in [0.25, 0.3) is 0 Å². The Morgan fingerprint density at radius 3 is 3.06 bits per heavy atom. The fraction of sp³-hybridized carbons (Fsp3) is 0.333. The van der Waals surface area contributed by atoms with Crippen LogP contribution >= 0.6 is 0 Å². The molecular weight excluding hydrogens is 204 g/mol. The van der Waals surface area contributed by atoms with Crippen LogP contribution < -0.4 is 5.32 Å². The van der Waals surface area contributed by atoms with Crippen LogP contribution in [0.25, 0.3) is 0 Å². The fourth-order valence-corrected chi connectivity index (χ4v) is 1.28. The number of carboxylic acid groups (broad SMARTS) is 1. The predicted molar refractivity (Wildman–Crippen MR) is 62.4 cm³/mol. The number of unbranched alkanes of at least 4 members (excludes halogenated alkanes) is 2. The molecule has 4 heteroatoms. The van der Waals surface area contributed by atoms with Gasteiger partial charge >= 0.3 is 5.97 Å². The van der Waals surface area contributed by atoms with Crippen molar-refractivity contribution in [3.05, 3.63) is 23.9 Å². The largest absolute Gasteiger partial charge is 0.478 e. The van der Waals surface area contributed by atoms with Gasteiger partial charge in [0.05, 0.1) is 0 Å². The van der Waals surface area contributed by atoms with E-state index in [1.807, 2.05) is 0 Å². The number of rotatable bonds is 6. The van der Waals surface area contributed by atoms with E-state index in [0.717, 1.165) is 19.3 Å². The molecule has 2 N–H and O–H groups in total. The molecule has 1 aromatic heterocycles. The summed E-state index contributed by atoms with van der Waals surface area (Å²) in [5, 5.41) is 11.9. The van der Waals surface area contributed by atoms with E-state index in [4.69, 9.17) is 11.5 Å². The maximum absolute atomic E-state index is 10.9. The summed E-state index contributed by atoms with van der Waals surface area (Å²) in [7, 11) is 0. The Kier molecular flexibility index (Phi) is 4.87. The number of aromatic carboxylic acids is 1. The first-order valence-electron chi connectivity index (χ1n) is 5.11. The molecular formula is C12H14N2O2. The summed E-state index contributed by atoms with van der Waals surface area (Å²) in [6.07, 6.45) is 9.27. The number of carboxylic acids is 1. The van der Waals surface area contributed by atoms with Crippen LogP contribution in [0.15, 0.2) is 18.3 Å². The SMILES string of the molecule is C#CCCCCNc1ncccc1C(=O)O. The van der Waals surface area contributed by atoms with Gasteiger partial charge in [-0.2, -0.15) is 0 Å². The van der Waals surface area contributed by atoms with E-state index in [1.165, 1.54) is 6.07 Å². The minimum Gasteiger partial charge on any atom is -0.478 e. The average molecular weight is 218 g/mol. The van der Waals surface area contributed by atoms with Crippen LogP contribution in [-0.4, -0.2) is 22.6 Å². The molecule has 0 radical (unpaired) electrons. The lowest BCUT2D eigenvalue weighted by atomic mass is 10.2. The highest BCUT2D eigenvalue weighted by Gasteiger charge is 2.09. The van der Waals surface area contributed by atoms with Gasteiger partial charge < -0.3 is 10.4 Å². The van der Waals surface area contributed by atoms with E-state index in [-0.39, 0.29) is 5.56 Å². The number of terminal acetylenes is 1. The zero-order chi connectivity index (χ0) is 11.8. The second-order valence-electron chi connectivity index (χ2n) is 3.29. The lowest BCUT2D eigenvalue weighted by molar-refractivity contribution is 0.0697. The first-order chi connectivity index (χ1) is 7.75. The van der Waals surface area contributed by atoms with Crippen LogP contribution in [0.5, 0.6) is 0 Å². The van der Waals surface area contributed by atoms with E-state index >= 15 is 0 Å². The molecule has 0 atom stereocenters. The normalized spacial score (nSPS) is 9.44. The Hall–Kier alpha value is -2.02. The van der Waals surface area contributed by atoms with Gasteiger partial charge in [-0.15, -0.1) is 12.3 Å². The van der Waals surface area contributed by atoms with Crippen LogP contribution in [0, 0.1) is 12.3 Å². The average Bonchev–Trinajstić information content (AvgIpc) is 2.29. The molecule has 0 saturated carbocycles. The molecule has 0 aromatic carbocycles. The third-order valence-electron chi connectivity index (χ3n) is 2.08. The molecule has 16 heavy (non-hydrogen) atoms. The van der Waals surface area contributed by atoms with Gasteiger partial charge in [0.15, 0.2) is 0 Å². The van der Waals surface area contributed by atoms with Crippen molar-refractivity contribution in [2.45, 2.75) is 19.3 Å². The molecule has 84 valence electrons. The number of aromatic nitrogens is 1. The highest BCUT2D eigenvalue weighted by molar-refractivity contribution is 5.92. The molecule has 0 aliphatic rings. The Morgan fingerprint density at radius 2 is 2.38 bits per heavy atom. The number of pyridine rings is 1. The summed E-state index contributed by atoms with van der Waals surface area (Å²) in [4.78, 5) is 14.8. The monoisotopic (exact) mass is 218 g/mol. The number of nitrogens with one attached hydrogen (secondary N) is 1. The minimum absolute atomic E-state index is 0.194. The van der Waals surface area contributed by atoms with Crippen molar-refractivity contribution < 1.29 is 9.90 Å². The zero-order valence-electron chi connectivity index (χ0n) is 8.94. The van der Waals surface area contributed by atoms with Crippen LogP contribution in [-0.2, 0) is 0 Å². The van der Waals surface area contributed by atoms with Crippen LogP contribution in [0.1, 0.15) is 29.6 Å². The number of nitrogens with zero attached hydrogens (tertiary/aromatic N) is 1. The number of carbonyl (C=O) groups is 1. The Bertz CT molecular complexity index is 396. The van der Waals surface area contributed by atoms with E-state index in [0.29, 0.717) is 12.4 Å². The van der Waals surface area contributed by atoms with Crippen molar-refractivity contribution in [2.75, 3.05) is 11.9 Å². The molecule has 1 heterocycles. The summed E-state index contributed by atoms with van der Waals surface area (Å²) in [6.45, 7) is 0.680. The Morgan fingerprint density at radius 1 is 1.56 bits per heavy atom. The molecule has 1 rings (SSSR count). The molecule has 0 amide bonds. The van der Waals surface area contributed by atoms with Crippen molar-refractivity contribution in [3.63, 3.8) is 0 Å². The van der Waals surface area contributed by atoms with Crippen LogP contribution in [0.3, 0.4) is 0 Å². The van der Waals surface area contributed by atoms with Crippen molar-refractivity contribution in [1.82, 2.24) is 4.98 Å². The van der Waals surface area contributed by atoms with Gasteiger partial charge in [0.2, 0.25) is 0 Å². The summed E-state index contributed by atoms with van der Waals surface area (Å²) in [5.41, 5.74) is 0.194.